The van der Waals surface area contributed by atoms with Gasteiger partial charge in [0.2, 0.25) is 0 Å². The highest BCUT2D eigenvalue weighted by atomic mass is 35.5. The first-order valence-electron chi connectivity index (χ1n) is 4.01. The quantitative estimate of drug-likeness (QED) is 0.593. The first kappa shape index (κ1) is 13.1. The molecule has 1 amide bonds. The summed E-state index contributed by atoms with van der Waals surface area (Å²) in [5, 5.41) is 2.73. The van der Waals surface area contributed by atoms with E-state index in [9.17, 15) is 4.79 Å². The van der Waals surface area contributed by atoms with Crippen LogP contribution in [0.25, 0.3) is 0 Å². The number of unbranched alkanes of at least 4 members (excludes halogenated alkanes) is 1. The SMILES string of the molecule is CCCCNC(=O)C(SC)=C(Cl)Cl. The van der Waals surface area contributed by atoms with E-state index in [1.807, 2.05) is 0 Å². The van der Waals surface area contributed by atoms with Crippen molar-refractivity contribution in [2.45, 2.75) is 19.8 Å². The van der Waals surface area contributed by atoms with Crippen LogP contribution >= 0.6 is 35.0 Å². The second kappa shape index (κ2) is 7.54. The van der Waals surface area contributed by atoms with Crippen molar-refractivity contribution in [3.05, 3.63) is 9.40 Å². The third-order valence-electron chi connectivity index (χ3n) is 1.40. The Balaban J connectivity index is 4.02. The van der Waals surface area contributed by atoms with E-state index in [-0.39, 0.29) is 10.4 Å². The van der Waals surface area contributed by atoms with Gasteiger partial charge in [-0.05, 0) is 12.7 Å². The van der Waals surface area contributed by atoms with E-state index in [4.69, 9.17) is 23.2 Å². The zero-order valence-electron chi connectivity index (χ0n) is 7.69. The summed E-state index contributed by atoms with van der Waals surface area (Å²) in [5.41, 5.74) is 0. The maximum absolute atomic E-state index is 11.3. The number of thioether (sulfide) groups is 1. The van der Waals surface area contributed by atoms with Gasteiger partial charge in [0.25, 0.3) is 5.91 Å². The minimum absolute atomic E-state index is 0.0292. The maximum Gasteiger partial charge on any atom is 0.260 e. The summed E-state index contributed by atoms with van der Waals surface area (Å²) < 4.78 is 0.0292. The topological polar surface area (TPSA) is 29.1 Å². The van der Waals surface area contributed by atoms with Crippen LogP contribution in [-0.4, -0.2) is 18.7 Å². The van der Waals surface area contributed by atoms with E-state index < -0.39 is 0 Å². The molecule has 0 aromatic carbocycles. The first-order chi connectivity index (χ1) is 6.13. The second-order valence-corrected chi connectivity index (χ2v) is 4.17. The van der Waals surface area contributed by atoms with E-state index in [1.54, 1.807) is 6.26 Å². The summed E-state index contributed by atoms with van der Waals surface area (Å²) in [6, 6.07) is 0. The zero-order chi connectivity index (χ0) is 10.3. The number of carbonyl (C=O) groups is 1. The molecule has 0 fully saturated rings. The molecule has 0 saturated carbocycles. The summed E-state index contributed by atoms with van der Waals surface area (Å²) >= 11 is 12.3. The van der Waals surface area contributed by atoms with E-state index in [2.05, 4.69) is 12.2 Å². The average Bonchev–Trinajstić information content (AvgIpc) is 2.05. The van der Waals surface area contributed by atoms with Crippen LogP contribution in [0.5, 0.6) is 0 Å². The van der Waals surface area contributed by atoms with Crippen molar-refractivity contribution in [2.24, 2.45) is 0 Å². The van der Waals surface area contributed by atoms with Gasteiger partial charge in [-0.25, -0.2) is 0 Å². The van der Waals surface area contributed by atoms with Crippen molar-refractivity contribution in [2.75, 3.05) is 12.8 Å². The predicted molar refractivity (Wildman–Crippen MR) is 60.2 cm³/mol. The van der Waals surface area contributed by atoms with Gasteiger partial charge in [0, 0.05) is 6.54 Å². The number of hydrogen-bond acceptors (Lipinski definition) is 2. The molecule has 0 aromatic rings. The number of carbonyl (C=O) groups excluding carboxylic acids is 1. The molecule has 0 atom stereocenters. The number of nitrogens with one attached hydrogen (secondary N) is 1. The molecule has 0 unspecified atom stereocenters. The molecule has 0 aromatic heterocycles. The van der Waals surface area contributed by atoms with Gasteiger partial charge < -0.3 is 5.32 Å². The zero-order valence-corrected chi connectivity index (χ0v) is 10.0. The van der Waals surface area contributed by atoms with Crippen LogP contribution in [0.3, 0.4) is 0 Å². The molecule has 76 valence electrons. The van der Waals surface area contributed by atoms with Crippen molar-refractivity contribution in [1.82, 2.24) is 5.32 Å². The van der Waals surface area contributed by atoms with Gasteiger partial charge in [0.05, 0.1) is 0 Å². The number of hydrogen-bond donors (Lipinski definition) is 1. The van der Waals surface area contributed by atoms with Gasteiger partial charge in [0.15, 0.2) is 0 Å². The lowest BCUT2D eigenvalue weighted by Crippen LogP contribution is -2.25. The van der Waals surface area contributed by atoms with E-state index in [0.717, 1.165) is 12.8 Å². The van der Waals surface area contributed by atoms with Crippen molar-refractivity contribution < 1.29 is 4.79 Å². The van der Waals surface area contributed by atoms with Crippen LogP contribution in [0.2, 0.25) is 0 Å². The Kier molecular flexibility index (Phi) is 7.62. The first-order valence-corrected chi connectivity index (χ1v) is 5.99. The minimum Gasteiger partial charge on any atom is -0.352 e. The highest BCUT2D eigenvalue weighted by Gasteiger charge is 2.10. The molecule has 5 heteroatoms. The van der Waals surface area contributed by atoms with Crippen molar-refractivity contribution in [3.63, 3.8) is 0 Å². The Morgan fingerprint density at radius 2 is 2.08 bits per heavy atom. The highest BCUT2D eigenvalue weighted by Crippen LogP contribution is 2.22. The number of rotatable bonds is 5. The van der Waals surface area contributed by atoms with Crippen LogP contribution in [-0.2, 0) is 4.79 Å². The summed E-state index contributed by atoms with van der Waals surface area (Å²) in [6.45, 7) is 2.73. The standard InChI is InChI=1S/C8H13Cl2NOS/c1-3-4-5-11-8(12)6(13-2)7(9)10/h3-5H2,1-2H3,(H,11,12). The Morgan fingerprint density at radius 1 is 1.46 bits per heavy atom. The second-order valence-electron chi connectivity index (χ2n) is 2.40. The largest absolute Gasteiger partial charge is 0.352 e. The lowest BCUT2D eigenvalue weighted by Gasteiger charge is -2.05. The Morgan fingerprint density at radius 3 is 2.46 bits per heavy atom. The van der Waals surface area contributed by atoms with Gasteiger partial charge in [-0.3, -0.25) is 4.79 Å². The van der Waals surface area contributed by atoms with E-state index in [1.165, 1.54) is 11.8 Å². The van der Waals surface area contributed by atoms with Crippen molar-refractivity contribution in [1.29, 1.82) is 0 Å². The Hall–Kier alpha value is 0.140. The van der Waals surface area contributed by atoms with E-state index in [0.29, 0.717) is 11.4 Å². The molecule has 1 N–H and O–H groups in total. The molecule has 0 aliphatic rings. The van der Waals surface area contributed by atoms with Crippen molar-refractivity contribution in [3.8, 4) is 0 Å². The predicted octanol–water partition coefficient (Wildman–Crippen LogP) is 2.91. The summed E-state index contributed by atoms with van der Waals surface area (Å²) in [4.78, 5) is 11.7. The summed E-state index contributed by atoms with van der Waals surface area (Å²) in [6.07, 6.45) is 3.78. The molecular weight excluding hydrogens is 229 g/mol. The van der Waals surface area contributed by atoms with Crippen LogP contribution in [0.4, 0.5) is 0 Å². The smallest absolute Gasteiger partial charge is 0.260 e. The summed E-state index contributed by atoms with van der Waals surface area (Å²) in [7, 11) is 0. The minimum atomic E-state index is -0.194. The number of halogens is 2. The monoisotopic (exact) mass is 241 g/mol. The lowest BCUT2D eigenvalue weighted by atomic mass is 10.3. The average molecular weight is 242 g/mol. The van der Waals surface area contributed by atoms with E-state index >= 15 is 0 Å². The molecule has 0 rings (SSSR count). The highest BCUT2D eigenvalue weighted by molar-refractivity contribution is 8.03. The molecule has 0 spiro atoms. The van der Waals surface area contributed by atoms with Gasteiger partial charge in [-0.2, -0.15) is 0 Å². The fraction of sp³-hybridized carbons (Fsp3) is 0.625. The van der Waals surface area contributed by atoms with Crippen LogP contribution < -0.4 is 5.32 Å². The van der Waals surface area contributed by atoms with Crippen LogP contribution in [0.15, 0.2) is 9.40 Å². The van der Waals surface area contributed by atoms with Crippen LogP contribution in [0.1, 0.15) is 19.8 Å². The van der Waals surface area contributed by atoms with Crippen molar-refractivity contribution >= 4 is 40.9 Å². The Labute approximate surface area is 93.0 Å². The molecule has 0 aliphatic heterocycles. The Bertz CT molecular complexity index is 202. The third-order valence-corrected chi connectivity index (χ3v) is 2.80. The van der Waals surface area contributed by atoms with Gasteiger partial charge >= 0.3 is 0 Å². The lowest BCUT2D eigenvalue weighted by molar-refractivity contribution is -0.116. The molecule has 0 radical (unpaired) electrons. The molecular formula is C8H13Cl2NOS. The molecule has 13 heavy (non-hydrogen) atoms. The van der Waals surface area contributed by atoms with Gasteiger partial charge in [0.1, 0.15) is 9.40 Å². The fourth-order valence-electron chi connectivity index (χ4n) is 0.715. The molecule has 2 nitrogen and oxygen atoms in total. The molecule has 0 bridgehead atoms. The third kappa shape index (κ3) is 5.45. The molecule has 0 aliphatic carbocycles. The maximum atomic E-state index is 11.3. The normalized spacial score (nSPS) is 9.54. The van der Waals surface area contributed by atoms with Crippen LogP contribution in [0, 0.1) is 0 Å². The summed E-state index contributed by atoms with van der Waals surface area (Å²) in [5.74, 6) is -0.194. The van der Waals surface area contributed by atoms with Gasteiger partial charge in [-0.15, -0.1) is 11.8 Å². The number of amides is 1. The fourth-order valence-corrected chi connectivity index (χ4v) is 1.76. The molecule has 0 heterocycles. The molecule has 0 saturated heterocycles. The van der Waals surface area contributed by atoms with Gasteiger partial charge in [-0.1, -0.05) is 36.5 Å².